The number of hydrogen-bond acceptors (Lipinski definition) is 0. The molecule has 1 rings (SSSR count). The molecular formula is C13H20Si. The van der Waals surface area contributed by atoms with E-state index in [4.69, 9.17) is 0 Å². The fourth-order valence-corrected chi connectivity index (χ4v) is 3.66. The normalized spacial score (nSPS) is 13.7. The first-order valence-electron chi connectivity index (χ1n) is 5.14. The Labute approximate surface area is 88.7 Å². The highest BCUT2D eigenvalue weighted by Gasteiger charge is 2.24. The molecule has 0 nitrogen and oxygen atoms in total. The van der Waals surface area contributed by atoms with E-state index in [0.29, 0.717) is 5.54 Å². The molecule has 0 aliphatic heterocycles. The Morgan fingerprint density at radius 3 is 2.00 bits per heavy atom. The Balaban J connectivity index is 3.02. The van der Waals surface area contributed by atoms with Crippen LogP contribution in [0.15, 0.2) is 36.9 Å². The molecule has 0 aliphatic carbocycles. The van der Waals surface area contributed by atoms with Crippen LogP contribution >= 0.6 is 0 Å². The molecule has 0 saturated carbocycles. The number of hydrogen-bond donors (Lipinski definition) is 0. The number of benzene rings is 1. The zero-order chi connectivity index (χ0) is 10.8. The summed E-state index contributed by atoms with van der Waals surface area (Å²) in [5.41, 5.74) is 3.32. The van der Waals surface area contributed by atoms with Crippen molar-refractivity contribution in [2.24, 2.45) is 0 Å². The molecule has 1 aromatic carbocycles. The molecule has 1 heteroatoms. The fourth-order valence-electron chi connectivity index (χ4n) is 1.76. The lowest BCUT2D eigenvalue weighted by Gasteiger charge is -2.26. The largest absolute Gasteiger partial charge is 0.103 e. The van der Waals surface area contributed by atoms with Gasteiger partial charge in [0.05, 0.1) is 8.07 Å². The van der Waals surface area contributed by atoms with Crippen LogP contribution in [0.3, 0.4) is 0 Å². The molecule has 0 N–H and O–H groups in total. The van der Waals surface area contributed by atoms with Gasteiger partial charge in [0.25, 0.3) is 0 Å². The van der Waals surface area contributed by atoms with Crippen molar-refractivity contribution < 1.29 is 0 Å². The lowest BCUT2D eigenvalue weighted by Crippen LogP contribution is -2.29. The first-order valence-corrected chi connectivity index (χ1v) is 8.72. The molecule has 0 aliphatic rings. The van der Waals surface area contributed by atoms with Gasteiger partial charge in [0.1, 0.15) is 0 Å². The van der Waals surface area contributed by atoms with Crippen molar-refractivity contribution in [1.82, 2.24) is 0 Å². The van der Waals surface area contributed by atoms with E-state index in [9.17, 15) is 0 Å². The van der Waals surface area contributed by atoms with Gasteiger partial charge in [0, 0.05) is 0 Å². The maximum absolute atomic E-state index is 3.96. The fraction of sp³-hybridized carbons (Fsp3) is 0.385. The summed E-state index contributed by atoms with van der Waals surface area (Å²) in [5, 5.41) is 0. The van der Waals surface area contributed by atoms with Gasteiger partial charge in [-0.3, -0.25) is 0 Å². The molecule has 0 fully saturated rings. The van der Waals surface area contributed by atoms with Crippen LogP contribution in [-0.2, 0) is 0 Å². The lowest BCUT2D eigenvalue weighted by molar-refractivity contribution is 1.13. The lowest BCUT2D eigenvalue weighted by atomic mass is 10.1. The summed E-state index contributed by atoms with van der Waals surface area (Å²) in [4.78, 5) is 0. The Bertz CT molecular complexity index is 303. The van der Waals surface area contributed by atoms with Gasteiger partial charge < -0.3 is 0 Å². The quantitative estimate of drug-likeness (QED) is 0.513. The summed E-state index contributed by atoms with van der Waals surface area (Å²) in [6, 6.07) is 8.85. The summed E-state index contributed by atoms with van der Waals surface area (Å²) in [7, 11) is -1.16. The van der Waals surface area contributed by atoms with Gasteiger partial charge >= 0.3 is 0 Å². The Morgan fingerprint density at radius 1 is 1.14 bits per heavy atom. The van der Waals surface area contributed by atoms with E-state index in [1.807, 2.05) is 0 Å². The Morgan fingerprint density at radius 2 is 1.64 bits per heavy atom. The van der Waals surface area contributed by atoms with Crippen LogP contribution in [0.1, 0.15) is 16.7 Å². The van der Waals surface area contributed by atoms with Crippen molar-refractivity contribution in [3.05, 3.63) is 48.0 Å². The maximum atomic E-state index is 3.96. The van der Waals surface area contributed by atoms with Gasteiger partial charge in [-0.2, -0.15) is 0 Å². The molecule has 0 aromatic heterocycles. The van der Waals surface area contributed by atoms with E-state index in [1.165, 1.54) is 11.1 Å². The second kappa shape index (κ2) is 4.14. The molecule has 0 spiro atoms. The minimum absolute atomic E-state index is 0.572. The third kappa shape index (κ3) is 2.58. The standard InChI is InChI=1S/C13H20Si/c1-6-13(14(3,4)5)12-9-7-11(2)8-10-12/h6-10,13H,1H2,2-5H3. The molecular weight excluding hydrogens is 184 g/mol. The second-order valence-corrected chi connectivity index (χ2v) is 10.3. The van der Waals surface area contributed by atoms with Crippen molar-refractivity contribution in [2.75, 3.05) is 0 Å². The Kier molecular flexibility index (Phi) is 3.32. The van der Waals surface area contributed by atoms with Crippen molar-refractivity contribution in [3.8, 4) is 0 Å². The smallest absolute Gasteiger partial charge is 0.0565 e. The monoisotopic (exact) mass is 204 g/mol. The summed E-state index contributed by atoms with van der Waals surface area (Å²) in [6.07, 6.45) is 2.11. The van der Waals surface area contributed by atoms with E-state index < -0.39 is 8.07 Å². The van der Waals surface area contributed by atoms with Gasteiger partial charge in [0.2, 0.25) is 0 Å². The summed E-state index contributed by atoms with van der Waals surface area (Å²) in [5.74, 6) is 0. The van der Waals surface area contributed by atoms with Crippen molar-refractivity contribution in [1.29, 1.82) is 0 Å². The average Bonchev–Trinajstić information content (AvgIpc) is 2.07. The van der Waals surface area contributed by atoms with Crippen LogP contribution in [-0.4, -0.2) is 8.07 Å². The molecule has 0 radical (unpaired) electrons. The van der Waals surface area contributed by atoms with Gasteiger partial charge in [-0.1, -0.05) is 55.5 Å². The van der Waals surface area contributed by atoms with Crippen LogP contribution in [0, 0.1) is 6.92 Å². The first-order chi connectivity index (χ1) is 6.45. The molecule has 1 atom stereocenters. The van der Waals surface area contributed by atoms with E-state index in [-0.39, 0.29) is 0 Å². The minimum Gasteiger partial charge on any atom is -0.103 e. The van der Waals surface area contributed by atoms with E-state index >= 15 is 0 Å². The van der Waals surface area contributed by atoms with E-state index in [0.717, 1.165) is 0 Å². The van der Waals surface area contributed by atoms with Gasteiger partial charge in [-0.15, -0.1) is 6.58 Å². The van der Waals surface area contributed by atoms with Crippen LogP contribution < -0.4 is 0 Å². The van der Waals surface area contributed by atoms with Gasteiger partial charge in [-0.25, -0.2) is 0 Å². The highest BCUT2D eigenvalue weighted by atomic mass is 28.3. The molecule has 0 bridgehead atoms. The Hall–Kier alpha value is -0.823. The molecule has 0 amide bonds. The van der Waals surface area contributed by atoms with Crippen LogP contribution in [0.25, 0.3) is 0 Å². The molecule has 1 aromatic rings. The zero-order valence-electron chi connectivity index (χ0n) is 9.67. The highest BCUT2D eigenvalue weighted by molar-refractivity contribution is 6.77. The summed E-state index contributed by atoms with van der Waals surface area (Å²) in [6.45, 7) is 13.3. The van der Waals surface area contributed by atoms with Gasteiger partial charge in [0.15, 0.2) is 0 Å². The maximum Gasteiger partial charge on any atom is 0.0565 e. The van der Waals surface area contributed by atoms with Crippen molar-refractivity contribution in [3.63, 3.8) is 0 Å². The molecule has 76 valence electrons. The van der Waals surface area contributed by atoms with E-state index in [1.54, 1.807) is 0 Å². The summed E-state index contributed by atoms with van der Waals surface area (Å²) < 4.78 is 0. The topological polar surface area (TPSA) is 0 Å². The highest BCUT2D eigenvalue weighted by Crippen LogP contribution is 2.27. The van der Waals surface area contributed by atoms with Gasteiger partial charge in [-0.05, 0) is 18.0 Å². The number of rotatable bonds is 3. The average molecular weight is 204 g/mol. The molecule has 0 heterocycles. The predicted molar refractivity (Wildman–Crippen MR) is 67.5 cm³/mol. The predicted octanol–water partition coefficient (Wildman–Crippen LogP) is 4.14. The van der Waals surface area contributed by atoms with Crippen molar-refractivity contribution >= 4 is 8.07 Å². The minimum atomic E-state index is -1.16. The molecule has 0 saturated heterocycles. The van der Waals surface area contributed by atoms with E-state index in [2.05, 4.69) is 63.5 Å². The number of aryl methyl sites for hydroxylation is 1. The zero-order valence-corrected chi connectivity index (χ0v) is 10.7. The third-order valence-electron chi connectivity index (χ3n) is 2.61. The first kappa shape index (κ1) is 11.3. The van der Waals surface area contributed by atoms with Crippen molar-refractivity contribution in [2.45, 2.75) is 32.1 Å². The second-order valence-electron chi connectivity index (χ2n) is 4.99. The molecule has 1 unspecified atom stereocenters. The molecule has 14 heavy (non-hydrogen) atoms. The number of allylic oxidation sites excluding steroid dienone is 1. The van der Waals surface area contributed by atoms with Crippen LogP contribution in [0.2, 0.25) is 19.6 Å². The summed E-state index contributed by atoms with van der Waals surface area (Å²) >= 11 is 0. The van der Waals surface area contributed by atoms with Crippen LogP contribution in [0.5, 0.6) is 0 Å². The third-order valence-corrected chi connectivity index (χ3v) is 5.04. The SMILES string of the molecule is C=CC(c1ccc(C)cc1)[Si](C)(C)C. The van der Waals surface area contributed by atoms with Crippen LogP contribution in [0.4, 0.5) is 0 Å².